The first-order valence-electron chi connectivity index (χ1n) is 7.99. The molecule has 0 heterocycles. The summed E-state index contributed by atoms with van der Waals surface area (Å²) < 4.78 is 31.3. The van der Waals surface area contributed by atoms with Gasteiger partial charge in [-0.15, -0.1) is 0 Å². The van der Waals surface area contributed by atoms with Crippen LogP contribution in [0.15, 0.2) is 47.4 Å². The number of amides is 1. The van der Waals surface area contributed by atoms with Crippen LogP contribution in [0.3, 0.4) is 0 Å². The highest BCUT2D eigenvalue weighted by Gasteiger charge is 2.23. The minimum absolute atomic E-state index is 0.131. The molecule has 0 aliphatic heterocycles. The lowest BCUT2D eigenvalue weighted by molar-refractivity contribution is 0.102. The third-order valence-electron chi connectivity index (χ3n) is 4.03. The Kier molecular flexibility index (Phi) is 5.89. The van der Waals surface area contributed by atoms with Gasteiger partial charge in [0, 0.05) is 24.7 Å². The molecule has 0 aliphatic carbocycles. The molecule has 2 rings (SSSR count). The molecule has 0 saturated heterocycles. The van der Waals surface area contributed by atoms with Gasteiger partial charge in [-0.2, -0.15) is 4.31 Å². The number of nitrogens with zero attached hydrogens (tertiary/aromatic N) is 1. The van der Waals surface area contributed by atoms with Gasteiger partial charge < -0.3 is 15.8 Å². The molecule has 140 valence electrons. The summed E-state index contributed by atoms with van der Waals surface area (Å²) in [6.45, 7) is 3.58. The number of methoxy groups -OCH3 is 1. The Bertz CT molecular complexity index is 893. The number of sulfonamides is 1. The highest BCUT2D eigenvalue weighted by Crippen LogP contribution is 2.25. The van der Waals surface area contributed by atoms with E-state index in [1.165, 1.54) is 42.7 Å². The van der Waals surface area contributed by atoms with Gasteiger partial charge in [-0.1, -0.05) is 0 Å². The summed E-state index contributed by atoms with van der Waals surface area (Å²) >= 11 is 0. The van der Waals surface area contributed by atoms with Crippen LogP contribution in [-0.2, 0) is 10.0 Å². The second kappa shape index (κ2) is 7.76. The maximum Gasteiger partial charge on any atom is 0.255 e. The first kappa shape index (κ1) is 19.7. The van der Waals surface area contributed by atoms with Gasteiger partial charge in [0.2, 0.25) is 10.0 Å². The van der Waals surface area contributed by atoms with Gasteiger partial charge in [0.1, 0.15) is 5.75 Å². The van der Waals surface area contributed by atoms with Crippen LogP contribution in [0.5, 0.6) is 5.75 Å². The molecule has 2 aromatic rings. The van der Waals surface area contributed by atoms with Crippen LogP contribution >= 0.6 is 0 Å². The van der Waals surface area contributed by atoms with E-state index >= 15 is 0 Å². The Labute approximate surface area is 153 Å². The molecule has 8 heteroatoms. The number of benzene rings is 2. The van der Waals surface area contributed by atoms with E-state index in [1.807, 2.05) is 0 Å². The number of nitrogen functional groups attached to an aromatic ring is 1. The molecule has 0 fully saturated rings. The van der Waals surface area contributed by atoms with Crippen LogP contribution < -0.4 is 15.8 Å². The second-order valence-corrected chi connectivity index (χ2v) is 8.04. The molecule has 0 radical (unpaired) electrons. The number of nitrogens with one attached hydrogen (secondary N) is 1. The topological polar surface area (TPSA) is 102 Å². The monoisotopic (exact) mass is 377 g/mol. The van der Waals surface area contributed by atoms with Crippen molar-refractivity contribution in [1.82, 2.24) is 4.31 Å². The molecule has 0 spiro atoms. The molecule has 1 amide bonds. The van der Waals surface area contributed by atoms with Gasteiger partial charge >= 0.3 is 0 Å². The molecule has 0 bridgehead atoms. The zero-order valence-corrected chi connectivity index (χ0v) is 16.0. The Morgan fingerprint density at radius 3 is 2.31 bits per heavy atom. The number of nitrogens with two attached hydrogens (primary N) is 1. The minimum Gasteiger partial charge on any atom is -0.497 e. The Balaban J connectivity index is 2.22. The molecule has 0 saturated carbocycles. The molecular weight excluding hydrogens is 354 g/mol. The molecule has 2 aromatic carbocycles. The van der Waals surface area contributed by atoms with E-state index in [9.17, 15) is 13.2 Å². The van der Waals surface area contributed by atoms with E-state index in [1.54, 1.807) is 32.0 Å². The molecular formula is C18H23N3O4S. The molecule has 3 N–H and O–H groups in total. The molecule has 0 aromatic heterocycles. The zero-order chi connectivity index (χ0) is 19.5. The molecule has 0 atom stereocenters. The summed E-state index contributed by atoms with van der Waals surface area (Å²) in [6.07, 6.45) is 0. The molecule has 26 heavy (non-hydrogen) atoms. The van der Waals surface area contributed by atoms with Gasteiger partial charge in [0.15, 0.2) is 0 Å². The first-order valence-corrected chi connectivity index (χ1v) is 9.43. The average molecular weight is 377 g/mol. The lowest BCUT2D eigenvalue weighted by atomic mass is 10.2. The van der Waals surface area contributed by atoms with E-state index in [4.69, 9.17) is 10.5 Å². The van der Waals surface area contributed by atoms with Crippen LogP contribution in [0, 0.1) is 0 Å². The maximum absolute atomic E-state index is 12.5. The van der Waals surface area contributed by atoms with Crippen LogP contribution in [0.1, 0.15) is 24.2 Å². The molecule has 7 nitrogen and oxygen atoms in total. The number of rotatable bonds is 6. The van der Waals surface area contributed by atoms with Gasteiger partial charge in [0.25, 0.3) is 5.91 Å². The predicted octanol–water partition coefficient (Wildman–Crippen LogP) is 2.56. The van der Waals surface area contributed by atoms with Gasteiger partial charge in [-0.3, -0.25) is 4.79 Å². The van der Waals surface area contributed by atoms with E-state index < -0.39 is 15.9 Å². The van der Waals surface area contributed by atoms with Crippen LogP contribution in [0.25, 0.3) is 0 Å². The highest BCUT2D eigenvalue weighted by atomic mass is 32.2. The van der Waals surface area contributed by atoms with Crippen molar-refractivity contribution >= 4 is 27.3 Å². The van der Waals surface area contributed by atoms with E-state index in [-0.39, 0.29) is 10.9 Å². The van der Waals surface area contributed by atoms with Crippen molar-refractivity contribution in [1.29, 1.82) is 0 Å². The SMILES string of the molecule is COc1ccc(N)c(NC(=O)c2ccc(S(=O)(=O)N(C)C(C)C)cc2)c1. The van der Waals surface area contributed by atoms with E-state index in [0.717, 1.165) is 0 Å². The van der Waals surface area contributed by atoms with Crippen molar-refractivity contribution in [3.63, 3.8) is 0 Å². The summed E-state index contributed by atoms with van der Waals surface area (Å²) in [7, 11) is -0.552. The largest absolute Gasteiger partial charge is 0.497 e. The van der Waals surface area contributed by atoms with E-state index in [2.05, 4.69) is 5.32 Å². The summed E-state index contributed by atoms with van der Waals surface area (Å²) in [4.78, 5) is 12.5. The normalized spacial score (nSPS) is 11.6. The van der Waals surface area contributed by atoms with Crippen LogP contribution in [-0.4, -0.2) is 38.8 Å². The number of hydrogen-bond donors (Lipinski definition) is 2. The van der Waals surface area contributed by atoms with Crippen LogP contribution in [0.4, 0.5) is 11.4 Å². The average Bonchev–Trinajstić information content (AvgIpc) is 2.62. The first-order chi connectivity index (χ1) is 12.2. The number of ether oxygens (including phenoxy) is 1. The van der Waals surface area contributed by atoms with Crippen LogP contribution in [0.2, 0.25) is 0 Å². The smallest absolute Gasteiger partial charge is 0.255 e. The van der Waals surface area contributed by atoms with Gasteiger partial charge in [-0.25, -0.2) is 8.42 Å². The van der Waals surface area contributed by atoms with Crippen molar-refractivity contribution in [3.05, 3.63) is 48.0 Å². The van der Waals surface area contributed by atoms with Crippen molar-refractivity contribution in [2.75, 3.05) is 25.2 Å². The molecule has 0 unspecified atom stereocenters. The van der Waals surface area contributed by atoms with Crippen molar-refractivity contribution < 1.29 is 17.9 Å². The summed E-state index contributed by atoms with van der Waals surface area (Å²) in [6, 6.07) is 10.5. The molecule has 0 aliphatic rings. The quantitative estimate of drug-likeness (QED) is 0.753. The number of anilines is 2. The van der Waals surface area contributed by atoms with Gasteiger partial charge in [0.05, 0.1) is 23.4 Å². The number of carbonyl (C=O) groups excluding carboxylic acids is 1. The Morgan fingerprint density at radius 1 is 1.15 bits per heavy atom. The van der Waals surface area contributed by atoms with E-state index in [0.29, 0.717) is 22.7 Å². The Morgan fingerprint density at radius 2 is 1.77 bits per heavy atom. The lowest BCUT2D eigenvalue weighted by Crippen LogP contribution is -2.33. The summed E-state index contributed by atoms with van der Waals surface area (Å²) in [5, 5.41) is 2.70. The highest BCUT2D eigenvalue weighted by molar-refractivity contribution is 7.89. The number of carbonyl (C=O) groups is 1. The maximum atomic E-state index is 12.5. The lowest BCUT2D eigenvalue weighted by Gasteiger charge is -2.21. The fourth-order valence-electron chi connectivity index (χ4n) is 2.19. The standard InChI is InChI=1S/C18H23N3O4S/c1-12(2)21(3)26(23,24)15-8-5-13(6-9-15)18(22)20-17-11-14(25-4)7-10-16(17)19/h5-12H,19H2,1-4H3,(H,20,22). The van der Waals surface area contributed by atoms with Crippen molar-refractivity contribution in [2.45, 2.75) is 24.8 Å². The third-order valence-corrected chi connectivity index (χ3v) is 6.08. The van der Waals surface area contributed by atoms with Crippen molar-refractivity contribution in [2.24, 2.45) is 0 Å². The number of hydrogen-bond acceptors (Lipinski definition) is 5. The minimum atomic E-state index is -3.59. The predicted molar refractivity (Wildman–Crippen MR) is 102 cm³/mol. The van der Waals surface area contributed by atoms with Crippen molar-refractivity contribution in [3.8, 4) is 5.75 Å². The zero-order valence-electron chi connectivity index (χ0n) is 15.2. The fraction of sp³-hybridized carbons (Fsp3) is 0.278. The summed E-state index contributed by atoms with van der Waals surface area (Å²) in [5.74, 6) is 0.166. The fourth-order valence-corrected chi connectivity index (χ4v) is 3.55. The third kappa shape index (κ3) is 4.14. The summed E-state index contributed by atoms with van der Waals surface area (Å²) in [5.41, 5.74) is 7.00. The Hall–Kier alpha value is -2.58. The second-order valence-electron chi connectivity index (χ2n) is 6.05. The van der Waals surface area contributed by atoms with Gasteiger partial charge in [-0.05, 0) is 50.2 Å².